The van der Waals surface area contributed by atoms with Gasteiger partial charge in [-0.1, -0.05) is 19.1 Å². The molecule has 0 saturated heterocycles. The fraction of sp³-hybridized carbons (Fsp3) is 0.364. The van der Waals surface area contributed by atoms with Gasteiger partial charge in [-0.25, -0.2) is 4.98 Å². The first-order valence-corrected chi connectivity index (χ1v) is 10.9. The molecule has 4 rings (SSSR count). The van der Waals surface area contributed by atoms with E-state index in [0.717, 1.165) is 29.7 Å². The minimum atomic E-state index is -0.176. The third kappa shape index (κ3) is 4.13. The zero-order valence-corrected chi connectivity index (χ0v) is 17.9. The number of nitrogens with one attached hydrogen (secondary N) is 3. The van der Waals surface area contributed by atoms with E-state index in [2.05, 4.69) is 28.3 Å². The molecule has 2 aromatic heterocycles. The first kappa shape index (κ1) is 20.3. The van der Waals surface area contributed by atoms with E-state index in [4.69, 9.17) is 0 Å². The highest BCUT2D eigenvalue weighted by Crippen LogP contribution is 2.39. The monoisotopic (exact) mass is 422 g/mol. The summed E-state index contributed by atoms with van der Waals surface area (Å²) in [7, 11) is 1.88. The van der Waals surface area contributed by atoms with Gasteiger partial charge in [0.25, 0.3) is 11.5 Å². The summed E-state index contributed by atoms with van der Waals surface area (Å²) >= 11 is 1.53. The van der Waals surface area contributed by atoms with Gasteiger partial charge in [-0.2, -0.15) is 5.26 Å². The predicted molar refractivity (Wildman–Crippen MR) is 117 cm³/mol. The van der Waals surface area contributed by atoms with Crippen LogP contribution >= 0.6 is 11.3 Å². The molecule has 1 amide bonds. The first-order chi connectivity index (χ1) is 14.4. The number of para-hydroxylation sites is 1. The summed E-state index contributed by atoms with van der Waals surface area (Å²) in [5, 5.41) is 13.7. The van der Waals surface area contributed by atoms with Crippen LogP contribution in [0.3, 0.4) is 0 Å². The van der Waals surface area contributed by atoms with Crippen LogP contribution < -0.4 is 15.8 Å². The molecule has 154 valence electrons. The van der Waals surface area contributed by atoms with E-state index < -0.39 is 0 Å². The number of carbonyl (C=O) groups excluding carboxylic acids is 1. The van der Waals surface area contributed by atoms with Crippen molar-refractivity contribution in [1.82, 2.24) is 9.97 Å². The van der Waals surface area contributed by atoms with Gasteiger partial charge < -0.3 is 15.2 Å². The van der Waals surface area contributed by atoms with Gasteiger partial charge in [-0.05, 0) is 42.9 Å². The maximum atomic E-state index is 12.6. The largest absolute Gasteiger partial charge is 0.323 e. The number of hydrogen-bond donors (Lipinski definition) is 3. The van der Waals surface area contributed by atoms with Crippen LogP contribution in [0.4, 0.5) is 5.00 Å². The van der Waals surface area contributed by atoms with Crippen molar-refractivity contribution in [2.45, 2.75) is 32.7 Å². The Morgan fingerprint density at radius 3 is 3.03 bits per heavy atom. The number of rotatable bonds is 5. The summed E-state index contributed by atoms with van der Waals surface area (Å²) in [4.78, 5) is 34.2. The van der Waals surface area contributed by atoms with Crippen LogP contribution in [0.25, 0.3) is 10.9 Å². The Morgan fingerprint density at radius 1 is 1.43 bits per heavy atom. The van der Waals surface area contributed by atoms with Crippen LogP contribution in [0.5, 0.6) is 0 Å². The van der Waals surface area contributed by atoms with Crippen LogP contribution in [0.15, 0.2) is 29.1 Å². The van der Waals surface area contributed by atoms with E-state index in [-0.39, 0.29) is 18.0 Å². The molecule has 1 unspecified atom stereocenters. The van der Waals surface area contributed by atoms with Gasteiger partial charge in [-0.3, -0.25) is 9.59 Å². The number of thiophene rings is 1. The zero-order chi connectivity index (χ0) is 21.3. The molecule has 0 aliphatic heterocycles. The summed E-state index contributed by atoms with van der Waals surface area (Å²) in [6.07, 6.45) is 2.95. The maximum Gasteiger partial charge on any atom is 0.280 e. The molecule has 3 N–H and O–H groups in total. The number of H-pyrrole nitrogens is 1. The first-order valence-electron chi connectivity index (χ1n) is 10.1. The number of fused-ring (bicyclic) bond motifs is 2. The van der Waals surface area contributed by atoms with Gasteiger partial charge in [0.05, 0.1) is 23.5 Å². The lowest BCUT2D eigenvalue weighted by molar-refractivity contribution is -0.885. The maximum absolute atomic E-state index is 12.6. The fourth-order valence-electron chi connectivity index (χ4n) is 3.97. The number of amides is 1. The summed E-state index contributed by atoms with van der Waals surface area (Å²) in [5.74, 6) is 1.000. The number of quaternary nitrogens is 1. The van der Waals surface area contributed by atoms with Crippen molar-refractivity contribution in [3.05, 3.63) is 56.4 Å². The number of carbonyl (C=O) groups is 1. The number of anilines is 1. The molecule has 0 radical (unpaired) electrons. The average Bonchev–Trinajstić information content (AvgIpc) is 3.03. The molecule has 3 aromatic rings. The van der Waals surface area contributed by atoms with Crippen LogP contribution in [-0.4, -0.2) is 29.5 Å². The lowest BCUT2D eigenvalue weighted by atomic mass is 9.89. The van der Waals surface area contributed by atoms with Crippen molar-refractivity contribution in [3.8, 4) is 6.07 Å². The Labute approximate surface area is 178 Å². The number of benzene rings is 1. The molecule has 2 atom stereocenters. The number of hydrogen-bond acceptors (Lipinski definition) is 5. The van der Waals surface area contributed by atoms with E-state index >= 15 is 0 Å². The minimum absolute atomic E-state index is 0.154. The molecule has 0 spiro atoms. The summed E-state index contributed by atoms with van der Waals surface area (Å²) in [6, 6.07) is 9.47. The molecule has 0 fully saturated rings. The van der Waals surface area contributed by atoms with Gasteiger partial charge >= 0.3 is 0 Å². The Hall–Kier alpha value is -3.02. The van der Waals surface area contributed by atoms with E-state index in [1.165, 1.54) is 16.2 Å². The molecule has 7 nitrogen and oxygen atoms in total. The smallest absolute Gasteiger partial charge is 0.280 e. The quantitative estimate of drug-likeness (QED) is 0.581. The average molecular weight is 423 g/mol. The molecule has 1 aliphatic carbocycles. The Balaban J connectivity index is 1.44. The van der Waals surface area contributed by atoms with E-state index in [1.54, 1.807) is 18.2 Å². The second-order valence-electron chi connectivity index (χ2n) is 8.06. The molecule has 1 aromatic carbocycles. The molecular weight excluding hydrogens is 398 g/mol. The molecule has 30 heavy (non-hydrogen) atoms. The van der Waals surface area contributed by atoms with Crippen LogP contribution in [-0.2, 0) is 24.2 Å². The predicted octanol–water partition coefficient (Wildman–Crippen LogP) is 1.63. The second-order valence-corrected chi connectivity index (χ2v) is 9.16. The minimum Gasteiger partial charge on any atom is -0.323 e. The van der Waals surface area contributed by atoms with Gasteiger partial charge in [0, 0.05) is 4.88 Å². The molecule has 2 heterocycles. The van der Waals surface area contributed by atoms with Crippen molar-refractivity contribution >= 4 is 33.1 Å². The van der Waals surface area contributed by atoms with Gasteiger partial charge in [0.1, 0.15) is 17.6 Å². The zero-order valence-electron chi connectivity index (χ0n) is 17.0. The number of aromatic nitrogens is 2. The number of nitrogens with zero attached hydrogens (tertiary/aromatic N) is 2. The van der Waals surface area contributed by atoms with Gasteiger partial charge in [0.2, 0.25) is 0 Å². The third-order valence-electron chi connectivity index (χ3n) is 5.47. The number of nitriles is 1. The van der Waals surface area contributed by atoms with Crippen molar-refractivity contribution in [3.63, 3.8) is 0 Å². The van der Waals surface area contributed by atoms with Gasteiger partial charge in [-0.15, -0.1) is 11.3 Å². The van der Waals surface area contributed by atoms with E-state index in [0.29, 0.717) is 39.8 Å². The molecule has 0 bridgehead atoms. The van der Waals surface area contributed by atoms with Gasteiger partial charge in [0.15, 0.2) is 12.4 Å². The van der Waals surface area contributed by atoms with Crippen molar-refractivity contribution < 1.29 is 9.69 Å². The molecule has 1 aliphatic rings. The topological polar surface area (TPSA) is 103 Å². The molecule has 0 saturated carbocycles. The van der Waals surface area contributed by atoms with E-state index in [1.807, 2.05) is 13.1 Å². The Bertz CT molecular complexity index is 1210. The van der Waals surface area contributed by atoms with Crippen molar-refractivity contribution in [2.75, 3.05) is 18.9 Å². The lowest BCUT2D eigenvalue weighted by Gasteiger charge is -2.17. The summed E-state index contributed by atoms with van der Waals surface area (Å²) in [5.41, 5.74) is 2.19. The standard InChI is InChI=1S/C22H23N5O2S/c1-13-7-8-14-16(10-23)22(30-18(14)9-13)26-20(28)12-27(2)11-19-24-17-6-4-3-5-15(17)21(29)25-19/h3-6,13H,7-9,11-12H2,1-2H3,(H,26,28)(H,24,25,29)/p+1/t13-/m1/s1. The SMILES string of the molecule is C[C@@H]1CCc2c(sc(NC(=O)C[NH+](C)Cc3nc4ccccc4c(=O)[nH]3)c2C#N)C1. The third-order valence-corrected chi connectivity index (χ3v) is 6.64. The highest BCUT2D eigenvalue weighted by molar-refractivity contribution is 7.16. The van der Waals surface area contributed by atoms with Crippen LogP contribution in [0, 0.1) is 17.2 Å². The molecule has 8 heteroatoms. The highest BCUT2D eigenvalue weighted by Gasteiger charge is 2.25. The fourth-order valence-corrected chi connectivity index (χ4v) is 5.35. The number of likely N-dealkylation sites (N-methyl/N-ethyl adjacent to an activating group) is 1. The normalized spacial score (nSPS) is 16.6. The number of aromatic amines is 1. The van der Waals surface area contributed by atoms with Crippen molar-refractivity contribution in [2.24, 2.45) is 5.92 Å². The van der Waals surface area contributed by atoms with Crippen LogP contribution in [0.2, 0.25) is 0 Å². The summed E-state index contributed by atoms with van der Waals surface area (Å²) < 4.78 is 0. The second kappa shape index (κ2) is 8.38. The summed E-state index contributed by atoms with van der Waals surface area (Å²) in [6.45, 7) is 2.84. The molecular formula is C22H24N5O2S+. The van der Waals surface area contributed by atoms with Crippen LogP contribution in [0.1, 0.15) is 35.2 Å². The Kier molecular flexibility index (Phi) is 5.66. The Morgan fingerprint density at radius 2 is 2.23 bits per heavy atom. The van der Waals surface area contributed by atoms with Crippen molar-refractivity contribution in [1.29, 1.82) is 5.26 Å². The highest BCUT2D eigenvalue weighted by atomic mass is 32.1. The van der Waals surface area contributed by atoms with E-state index in [9.17, 15) is 14.9 Å². The lowest BCUT2D eigenvalue weighted by Crippen LogP contribution is -3.08.